The minimum Gasteiger partial charge on any atom is -0.378 e. The Balaban J connectivity index is 0.000000174. The molecule has 5 aromatic rings. The Kier molecular flexibility index (Phi) is 10.9. The van der Waals surface area contributed by atoms with Crippen LogP contribution in [0.2, 0.25) is 5.02 Å². The molecule has 0 saturated carbocycles. The van der Waals surface area contributed by atoms with Crippen LogP contribution in [0.5, 0.6) is 0 Å². The van der Waals surface area contributed by atoms with E-state index >= 15 is 0 Å². The molecule has 0 atom stereocenters. The van der Waals surface area contributed by atoms with Gasteiger partial charge in [-0.1, -0.05) is 41.9 Å². The highest BCUT2D eigenvalue weighted by Crippen LogP contribution is 2.33. The summed E-state index contributed by atoms with van der Waals surface area (Å²) in [5.74, 6) is 2.35. The molecule has 0 unspecified atom stereocenters. The molecule has 0 spiro atoms. The van der Waals surface area contributed by atoms with Gasteiger partial charge in [0.25, 0.3) is 0 Å². The van der Waals surface area contributed by atoms with Crippen molar-refractivity contribution < 1.29 is 9.47 Å². The third-order valence-corrected chi connectivity index (χ3v) is 7.84. The summed E-state index contributed by atoms with van der Waals surface area (Å²) in [6.45, 7) is 6.03. The fourth-order valence-electron chi connectivity index (χ4n) is 5.13. The highest BCUT2D eigenvalue weighted by atomic mass is 35.5. The van der Waals surface area contributed by atoms with E-state index in [2.05, 4.69) is 62.5 Å². The van der Waals surface area contributed by atoms with Crippen molar-refractivity contribution in [3.8, 4) is 23.3 Å². The van der Waals surface area contributed by atoms with Crippen LogP contribution in [0.4, 0.5) is 34.6 Å². The van der Waals surface area contributed by atoms with Gasteiger partial charge in [-0.15, -0.1) is 0 Å². The number of rotatable bonds is 7. The summed E-state index contributed by atoms with van der Waals surface area (Å²) >= 11 is 6.24. The van der Waals surface area contributed by atoms with Gasteiger partial charge in [0.2, 0.25) is 0 Å². The predicted octanol–water partition coefficient (Wildman–Crippen LogP) is 4.97. The van der Waals surface area contributed by atoms with Crippen molar-refractivity contribution in [2.24, 2.45) is 0 Å². The number of aromatic nitrogens is 6. The first-order chi connectivity index (χ1) is 24.1. The van der Waals surface area contributed by atoms with Crippen LogP contribution in [0.25, 0.3) is 11.1 Å². The summed E-state index contributed by atoms with van der Waals surface area (Å²) in [5, 5.41) is 24.4. The number of nitriles is 2. The van der Waals surface area contributed by atoms with Crippen LogP contribution in [0, 0.1) is 22.7 Å². The van der Waals surface area contributed by atoms with Gasteiger partial charge < -0.3 is 29.9 Å². The predicted molar refractivity (Wildman–Crippen MR) is 185 cm³/mol. The standard InChI is InChI=1S/C20H18N6O.C14H13ClN6O/c21-11-16-12-23-20(14-22-16)25-19-10-18(26-6-8-27-9-7-26)17(13-24-19)15-4-2-1-3-5-15;15-11-8-19-13(5-12(11)21-1-3-22-4-2-21)20-14-9-17-10(6-16)7-18-14/h1-5,10,12-14H,6-9H2,(H,23,24,25);5,7-9H,1-4H2,(H,18,19,20). The lowest BCUT2D eigenvalue weighted by molar-refractivity contribution is 0.122. The molecule has 246 valence electrons. The van der Waals surface area contributed by atoms with Crippen LogP contribution in [0.3, 0.4) is 0 Å². The Morgan fingerprint density at radius 1 is 0.592 bits per heavy atom. The molecule has 2 N–H and O–H groups in total. The Morgan fingerprint density at radius 3 is 1.59 bits per heavy atom. The molecule has 1 aromatic carbocycles. The Bertz CT molecular complexity index is 1920. The number of hydrogen-bond acceptors (Lipinski definition) is 14. The van der Waals surface area contributed by atoms with Crippen LogP contribution in [-0.2, 0) is 9.47 Å². The van der Waals surface area contributed by atoms with E-state index in [0.29, 0.717) is 54.7 Å². The minimum atomic E-state index is 0.267. The molecule has 7 rings (SSSR count). The maximum Gasteiger partial charge on any atom is 0.158 e. The van der Waals surface area contributed by atoms with Gasteiger partial charge in [-0.25, -0.2) is 29.9 Å². The van der Waals surface area contributed by atoms with E-state index in [0.717, 1.165) is 48.7 Å². The van der Waals surface area contributed by atoms with E-state index < -0.39 is 0 Å². The maximum atomic E-state index is 8.84. The van der Waals surface area contributed by atoms with Crippen LogP contribution in [0.1, 0.15) is 11.4 Å². The van der Waals surface area contributed by atoms with Gasteiger partial charge in [0.1, 0.15) is 35.4 Å². The van der Waals surface area contributed by atoms with E-state index in [9.17, 15) is 0 Å². The molecular formula is C34H31ClN12O2. The highest BCUT2D eigenvalue weighted by Gasteiger charge is 2.18. The topological polar surface area (TPSA) is 174 Å². The van der Waals surface area contributed by atoms with Gasteiger partial charge >= 0.3 is 0 Å². The number of benzene rings is 1. The second-order valence-corrected chi connectivity index (χ2v) is 11.1. The van der Waals surface area contributed by atoms with E-state index in [1.807, 2.05) is 48.7 Å². The molecule has 49 heavy (non-hydrogen) atoms. The Morgan fingerprint density at radius 2 is 1.08 bits per heavy atom. The lowest BCUT2D eigenvalue weighted by Gasteiger charge is -2.31. The van der Waals surface area contributed by atoms with Crippen molar-refractivity contribution in [2.75, 3.05) is 73.0 Å². The van der Waals surface area contributed by atoms with Gasteiger partial charge in [-0.05, 0) is 5.56 Å². The summed E-state index contributed by atoms with van der Waals surface area (Å²) in [7, 11) is 0. The smallest absolute Gasteiger partial charge is 0.158 e. The molecule has 2 aliphatic rings. The zero-order chi connectivity index (χ0) is 33.8. The first kappa shape index (κ1) is 33.0. The molecule has 4 aromatic heterocycles. The molecule has 0 bridgehead atoms. The molecule has 14 nitrogen and oxygen atoms in total. The summed E-state index contributed by atoms with van der Waals surface area (Å²) in [6.07, 6.45) is 9.33. The summed E-state index contributed by atoms with van der Waals surface area (Å²) in [5.41, 5.74) is 4.75. The van der Waals surface area contributed by atoms with E-state index in [-0.39, 0.29) is 11.4 Å². The average Bonchev–Trinajstić information content (AvgIpc) is 3.17. The van der Waals surface area contributed by atoms with Gasteiger partial charge in [0.15, 0.2) is 11.4 Å². The molecule has 0 amide bonds. The number of nitrogens with one attached hydrogen (secondary N) is 2. The van der Waals surface area contributed by atoms with E-state index in [1.54, 1.807) is 6.20 Å². The molecular weight excluding hydrogens is 644 g/mol. The van der Waals surface area contributed by atoms with Crippen LogP contribution < -0.4 is 20.4 Å². The molecule has 6 heterocycles. The lowest BCUT2D eigenvalue weighted by atomic mass is 10.0. The molecule has 2 aliphatic heterocycles. The largest absolute Gasteiger partial charge is 0.378 e. The monoisotopic (exact) mass is 674 g/mol. The number of anilines is 6. The van der Waals surface area contributed by atoms with Crippen LogP contribution in [0.15, 0.2) is 79.6 Å². The number of nitrogens with zero attached hydrogens (tertiary/aromatic N) is 10. The quantitative estimate of drug-likeness (QED) is 0.237. The summed E-state index contributed by atoms with van der Waals surface area (Å²) < 4.78 is 10.8. The third kappa shape index (κ3) is 8.71. The fourth-order valence-corrected chi connectivity index (χ4v) is 5.35. The second kappa shape index (κ2) is 16.3. The molecule has 0 aliphatic carbocycles. The summed E-state index contributed by atoms with van der Waals surface area (Å²) in [4.78, 5) is 29.5. The van der Waals surface area contributed by atoms with Gasteiger partial charge in [0, 0.05) is 55.8 Å². The lowest BCUT2D eigenvalue weighted by Crippen LogP contribution is -2.36. The fraction of sp³-hybridized carbons (Fsp3) is 0.235. The number of hydrogen-bond donors (Lipinski definition) is 2. The zero-order valence-electron chi connectivity index (χ0n) is 26.3. The maximum absolute atomic E-state index is 8.84. The van der Waals surface area contributed by atoms with Crippen LogP contribution >= 0.6 is 11.6 Å². The molecule has 0 radical (unpaired) electrons. The highest BCUT2D eigenvalue weighted by molar-refractivity contribution is 6.33. The number of halogens is 1. The first-order valence-electron chi connectivity index (χ1n) is 15.4. The number of morpholine rings is 2. The molecule has 2 saturated heterocycles. The molecule has 2 fully saturated rings. The van der Waals surface area contributed by atoms with Crippen molar-refractivity contribution in [3.05, 3.63) is 96.1 Å². The average molecular weight is 675 g/mol. The van der Waals surface area contributed by atoms with Gasteiger partial charge in [-0.2, -0.15) is 10.5 Å². The Hall–Kier alpha value is -5.93. The molecule has 15 heteroatoms. The van der Waals surface area contributed by atoms with Crippen molar-refractivity contribution in [1.29, 1.82) is 10.5 Å². The Labute approximate surface area is 288 Å². The van der Waals surface area contributed by atoms with Crippen molar-refractivity contribution in [2.45, 2.75) is 0 Å². The van der Waals surface area contributed by atoms with Crippen molar-refractivity contribution in [1.82, 2.24) is 29.9 Å². The van der Waals surface area contributed by atoms with Crippen molar-refractivity contribution >= 4 is 46.2 Å². The SMILES string of the molecule is N#Cc1cnc(Nc2cc(N3CCOCC3)c(-c3ccccc3)cn2)cn1.N#Cc1cnc(Nc2cc(N3CCOCC3)c(Cl)cn2)cn1. The minimum absolute atomic E-state index is 0.267. The summed E-state index contributed by atoms with van der Waals surface area (Å²) in [6, 6.07) is 18.0. The van der Waals surface area contributed by atoms with Crippen molar-refractivity contribution in [3.63, 3.8) is 0 Å². The number of ether oxygens (including phenoxy) is 2. The third-order valence-electron chi connectivity index (χ3n) is 7.55. The van der Waals surface area contributed by atoms with E-state index in [1.165, 1.54) is 24.8 Å². The van der Waals surface area contributed by atoms with Gasteiger partial charge in [-0.3, -0.25) is 0 Å². The first-order valence-corrected chi connectivity index (χ1v) is 15.8. The van der Waals surface area contributed by atoms with Crippen LogP contribution in [-0.4, -0.2) is 82.5 Å². The van der Waals surface area contributed by atoms with Gasteiger partial charge in [0.05, 0.1) is 68.1 Å². The second-order valence-electron chi connectivity index (χ2n) is 10.7. The number of pyridine rings is 2. The normalized spacial score (nSPS) is 14.1. The van der Waals surface area contributed by atoms with E-state index in [4.69, 9.17) is 31.6 Å². The zero-order valence-corrected chi connectivity index (χ0v) is 27.1.